The number of hydrogen-bond acceptors (Lipinski definition) is 3. The zero-order valence-corrected chi connectivity index (χ0v) is 8.15. The lowest BCUT2D eigenvalue weighted by atomic mass is 10.1. The number of rotatable bonds is 2. The predicted molar refractivity (Wildman–Crippen MR) is 47.9 cm³/mol. The van der Waals surface area contributed by atoms with Crippen molar-refractivity contribution in [3.8, 4) is 0 Å². The van der Waals surface area contributed by atoms with Crippen LogP contribution >= 0.6 is 11.8 Å². The van der Waals surface area contributed by atoms with Gasteiger partial charge in [-0.2, -0.15) is 0 Å². The normalized spacial score (nSPS) is 10.8. The molecule has 0 aliphatic heterocycles. The quantitative estimate of drug-likeness (QED) is 0.524. The van der Waals surface area contributed by atoms with Gasteiger partial charge in [-0.15, -0.1) is 0 Å². The van der Waals surface area contributed by atoms with E-state index in [1.807, 2.05) is 20.1 Å². The highest BCUT2D eigenvalue weighted by Gasteiger charge is 2.09. The summed E-state index contributed by atoms with van der Waals surface area (Å²) in [5.74, 6) is -0.207. The molecule has 1 aromatic heterocycles. The lowest BCUT2D eigenvalue weighted by Gasteiger charge is -2.05. The summed E-state index contributed by atoms with van der Waals surface area (Å²) in [4.78, 5) is 7.88. The van der Waals surface area contributed by atoms with Gasteiger partial charge in [-0.1, -0.05) is 25.6 Å². The van der Waals surface area contributed by atoms with Crippen LogP contribution in [0.3, 0.4) is 0 Å². The summed E-state index contributed by atoms with van der Waals surface area (Å²) in [5.41, 5.74) is 0.495. The van der Waals surface area contributed by atoms with Crippen LogP contribution in [0.5, 0.6) is 0 Å². The summed E-state index contributed by atoms with van der Waals surface area (Å²) in [7, 11) is 0. The van der Waals surface area contributed by atoms with Crippen molar-refractivity contribution < 1.29 is 4.39 Å². The zero-order chi connectivity index (χ0) is 9.14. The third kappa shape index (κ3) is 1.94. The molecule has 1 rings (SSSR count). The maximum absolute atomic E-state index is 13.0. The molecule has 4 heteroatoms. The molecule has 0 N–H and O–H groups in total. The molecule has 2 nitrogen and oxygen atoms in total. The van der Waals surface area contributed by atoms with Gasteiger partial charge < -0.3 is 0 Å². The van der Waals surface area contributed by atoms with Crippen molar-refractivity contribution in [1.82, 2.24) is 9.97 Å². The number of hydrogen-bond donors (Lipinski definition) is 0. The Balaban J connectivity index is 3.08. The third-order valence-corrected chi connectivity index (χ3v) is 2.04. The minimum Gasteiger partial charge on any atom is -0.228 e. The summed E-state index contributed by atoms with van der Waals surface area (Å²) in [6.45, 7) is 3.82. The molecule has 66 valence electrons. The van der Waals surface area contributed by atoms with Crippen molar-refractivity contribution in [1.29, 1.82) is 0 Å². The Morgan fingerprint density at radius 1 is 1.50 bits per heavy atom. The van der Waals surface area contributed by atoms with E-state index >= 15 is 0 Å². The molecule has 1 aromatic rings. The van der Waals surface area contributed by atoms with Gasteiger partial charge in [-0.05, 0) is 12.2 Å². The van der Waals surface area contributed by atoms with Crippen molar-refractivity contribution in [2.24, 2.45) is 0 Å². The van der Waals surface area contributed by atoms with Crippen molar-refractivity contribution >= 4 is 11.8 Å². The van der Waals surface area contributed by atoms with Crippen LogP contribution in [-0.2, 0) is 0 Å². The minimum absolute atomic E-state index is 0.110. The van der Waals surface area contributed by atoms with Gasteiger partial charge in [0, 0.05) is 0 Å². The van der Waals surface area contributed by atoms with Crippen molar-refractivity contribution in [2.75, 3.05) is 6.26 Å². The monoisotopic (exact) mass is 186 g/mol. The molecular formula is C8H11FN2S. The number of nitrogens with zero attached hydrogens (tertiary/aromatic N) is 2. The Bertz CT molecular complexity index is 276. The highest BCUT2D eigenvalue weighted by molar-refractivity contribution is 7.98. The Labute approximate surface area is 75.6 Å². The van der Waals surface area contributed by atoms with E-state index in [4.69, 9.17) is 0 Å². The molecule has 1 heterocycles. The lowest BCUT2D eigenvalue weighted by Crippen LogP contribution is -2.00. The standard InChI is InChI=1S/C8H11FN2S/c1-5(2)7-6(9)4-10-8(11-7)12-3/h4-5H,1-3H3. The molecule has 12 heavy (non-hydrogen) atoms. The molecule has 0 atom stereocenters. The van der Waals surface area contributed by atoms with Crippen LogP contribution in [0.4, 0.5) is 4.39 Å². The molecule has 0 saturated heterocycles. The van der Waals surface area contributed by atoms with E-state index in [0.717, 1.165) is 0 Å². The van der Waals surface area contributed by atoms with Crippen molar-refractivity contribution in [3.63, 3.8) is 0 Å². The topological polar surface area (TPSA) is 25.8 Å². The van der Waals surface area contributed by atoms with E-state index < -0.39 is 0 Å². The SMILES string of the molecule is CSc1ncc(F)c(C(C)C)n1. The van der Waals surface area contributed by atoms with Gasteiger partial charge in [-0.25, -0.2) is 14.4 Å². The van der Waals surface area contributed by atoms with E-state index in [-0.39, 0.29) is 11.7 Å². The van der Waals surface area contributed by atoms with Crippen molar-refractivity contribution in [2.45, 2.75) is 24.9 Å². The van der Waals surface area contributed by atoms with Crippen LogP contribution in [0.1, 0.15) is 25.5 Å². The zero-order valence-electron chi connectivity index (χ0n) is 7.34. The average Bonchev–Trinajstić information content (AvgIpc) is 2.05. The van der Waals surface area contributed by atoms with Gasteiger partial charge in [0.25, 0.3) is 0 Å². The summed E-state index contributed by atoms with van der Waals surface area (Å²) in [6.07, 6.45) is 3.10. The molecule has 0 bridgehead atoms. The maximum atomic E-state index is 13.0. The van der Waals surface area contributed by atoms with Crippen LogP contribution in [0.15, 0.2) is 11.4 Å². The Morgan fingerprint density at radius 3 is 2.67 bits per heavy atom. The fraction of sp³-hybridized carbons (Fsp3) is 0.500. The highest BCUT2D eigenvalue weighted by Crippen LogP contribution is 2.17. The predicted octanol–water partition coefficient (Wildman–Crippen LogP) is 2.46. The molecule has 0 aliphatic carbocycles. The number of aromatic nitrogens is 2. The Kier molecular flexibility index (Phi) is 3.03. The summed E-state index contributed by atoms with van der Waals surface area (Å²) in [5, 5.41) is 0.625. The largest absolute Gasteiger partial charge is 0.228 e. The van der Waals surface area contributed by atoms with Gasteiger partial charge in [0.05, 0.1) is 11.9 Å². The third-order valence-electron chi connectivity index (χ3n) is 1.48. The van der Waals surface area contributed by atoms with Crippen LogP contribution < -0.4 is 0 Å². The first kappa shape index (κ1) is 9.45. The first-order chi connectivity index (χ1) is 5.65. The van der Waals surface area contributed by atoms with Crippen molar-refractivity contribution in [3.05, 3.63) is 17.7 Å². The molecule has 0 unspecified atom stereocenters. The minimum atomic E-state index is -0.317. The molecule has 0 radical (unpaired) electrons. The van der Waals surface area contributed by atoms with E-state index in [0.29, 0.717) is 10.9 Å². The van der Waals surface area contributed by atoms with E-state index in [1.54, 1.807) is 0 Å². The first-order valence-corrected chi connectivity index (χ1v) is 4.94. The Hall–Kier alpha value is -0.640. The molecule has 0 fully saturated rings. The fourth-order valence-electron chi connectivity index (χ4n) is 0.867. The molecule has 0 amide bonds. The number of halogens is 1. The Morgan fingerprint density at radius 2 is 2.17 bits per heavy atom. The molecular weight excluding hydrogens is 175 g/mol. The summed E-state index contributed by atoms with van der Waals surface area (Å²) >= 11 is 1.42. The summed E-state index contributed by atoms with van der Waals surface area (Å²) in [6, 6.07) is 0. The number of thioether (sulfide) groups is 1. The van der Waals surface area contributed by atoms with Gasteiger partial charge in [0.15, 0.2) is 11.0 Å². The maximum Gasteiger partial charge on any atom is 0.187 e. The molecule has 0 aromatic carbocycles. The van der Waals surface area contributed by atoms with E-state index in [1.165, 1.54) is 18.0 Å². The highest BCUT2D eigenvalue weighted by atomic mass is 32.2. The smallest absolute Gasteiger partial charge is 0.187 e. The molecule has 0 aliphatic rings. The van der Waals surface area contributed by atoms with E-state index in [2.05, 4.69) is 9.97 Å². The fourth-order valence-corrected chi connectivity index (χ4v) is 1.21. The lowest BCUT2D eigenvalue weighted by molar-refractivity contribution is 0.566. The second-order valence-corrected chi connectivity index (χ2v) is 3.52. The van der Waals surface area contributed by atoms with Crippen LogP contribution in [0.2, 0.25) is 0 Å². The van der Waals surface area contributed by atoms with Gasteiger partial charge >= 0.3 is 0 Å². The second-order valence-electron chi connectivity index (χ2n) is 2.74. The van der Waals surface area contributed by atoms with Gasteiger partial charge in [0.1, 0.15) is 0 Å². The second kappa shape index (κ2) is 3.85. The molecule has 0 saturated carbocycles. The summed E-state index contributed by atoms with van der Waals surface area (Å²) < 4.78 is 13.0. The average molecular weight is 186 g/mol. The van der Waals surface area contributed by atoms with E-state index in [9.17, 15) is 4.39 Å². The molecule has 0 spiro atoms. The first-order valence-electron chi connectivity index (χ1n) is 3.71. The van der Waals surface area contributed by atoms with Crippen LogP contribution in [0, 0.1) is 5.82 Å². The van der Waals surface area contributed by atoms with Crippen LogP contribution in [0.25, 0.3) is 0 Å². The van der Waals surface area contributed by atoms with Gasteiger partial charge in [-0.3, -0.25) is 0 Å². The van der Waals surface area contributed by atoms with Gasteiger partial charge in [0.2, 0.25) is 0 Å². The van der Waals surface area contributed by atoms with Crippen LogP contribution in [-0.4, -0.2) is 16.2 Å².